The average Bonchev–Trinajstić information content (AvgIpc) is 3.14. The second kappa shape index (κ2) is 7.42. The van der Waals surface area contributed by atoms with Crippen LogP contribution in [0.15, 0.2) is 64.5 Å². The van der Waals surface area contributed by atoms with Crippen LogP contribution < -0.4 is 4.83 Å². The van der Waals surface area contributed by atoms with E-state index in [4.69, 9.17) is 12.2 Å². The maximum absolute atomic E-state index is 12.8. The number of para-hydroxylation sites is 1. The van der Waals surface area contributed by atoms with Crippen LogP contribution in [0, 0.1) is 6.92 Å². The first-order chi connectivity index (χ1) is 13.8. The minimum absolute atomic E-state index is 0.0650. The van der Waals surface area contributed by atoms with E-state index in [1.54, 1.807) is 18.2 Å². The van der Waals surface area contributed by atoms with Gasteiger partial charge in [-0.15, -0.1) is 4.83 Å². The molecule has 1 aromatic heterocycles. The van der Waals surface area contributed by atoms with Crippen molar-refractivity contribution in [1.29, 1.82) is 0 Å². The van der Waals surface area contributed by atoms with Gasteiger partial charge >= 0.3 is 0 Å². The van der Waals surface area contributed by atoms with E-state index < -0.39 is 15.9 Å². The zero-order valence-electron chi connectivity index (χ0n) is 15.6. The van der Waals surface area contributed by atoms with Gasteiger partial charge in [-0.1, -0.05) is 59.9 Å². The molecule has 1 saturated heterocycles. The summed E-state index contributed by atoms with van der Waals surface area (Å²) in [5, 5.41) is 1.91. The third-order valence-electron chi connectivity index (χ3n) is 4.55. The van der Waals surface area contributed by atoms with Gasteiger partial charge in [0.15, 0.2) is 4.32 Å². The van der Waals surface area contributed by atoms with Gasteiger partial charge in [-0.05, 0) is 31.2 Å². The summed E-state index contributed by atoms with van der Waals surface area (Å²) in [6.45, 7) is 1.87. The number of carbonyl (C=O) groups excluding carboxylic acids is 1. The standard InChI is InChI=1S/C20H17N3O3S3/c1-13-7-9-15(10-8-13)29(25,26)21-23-19(24)18(28-20(23)27)11-14-12-22(2)17-6-4-3-5-16(14)17/h3-12,21H,1-2H3/b18-11-. The van der Waals surface area contributed by atoms with Crippen LogP contribution in [0.1, 0.15) is 11.1 Å². The lowest BCUT2D eigenvalue weighted by molar-refractivity contribution is -0.123. The predicted octanol–water partition coefficient (Wildman–Crippen LogP) is 3.58. The topological polar surface area (TPSA) is 71.4 Å². The normalized spacial score (nSPS) is 16.3. The van der Waals surface area contributed by atoms with E-state index in [1.165, 1.54) is 12.1 Å². The minimum atomic E-state index is -3.93. The molecular weight excluding hydrogens is 426 g/mol. The fourth-order valence-corrected chi connectivity index (χ4v) is 5.37. The van der Waals surface area contributed by atoms with Gasteiger partial charge in [0.1, 0.15) is 0 Å². The first-order valence-corrected chi connectivity index (χ1v) is 11.4. The number of fused-ring (bicyclic) bond motifs is 1. The van der Waals surface area contributed by atoms with E-state index in [0.29, 0.717) is 4.91 Å². The fraction of sp³-hybridized carbons (Fsp3) is 0.100. The summed E-state index contributed by atoms with van der Waals surface area (Å²) in [6.07, 6.45) is 3.66. The van der Waals surface area contributed by atoms with Crippen LogP contribution in [0.4, 0.5) is 0 Å². The molecule has 29 heavy (non-hydrogen) atoms. The summed E-state index contributed by atoms with van der Waals surface area (Å²) in [5.41, 5.74) is 2.84. The van der Waals surface area contributed by atoms with Gasteiger partial charge < -0.3 is 4.57 Å². The molecular formula is C20H17N3O3S3. The maximum atomic E-state index is 12.8. The molecule has 0 saturated carbocycles. The van der Waals surface area contributed by atoms with Crippen LogP contribution in [0.25, 0.3) is 17.0 Å². The number of benzene rings is 2. The Labute approximate surface area is 178 Å². The number of amides is 1. The molecule has 4 rings (SSSR count). The van der Waals surface area contributed by atoms with Gasteiger partial charge in [-0.2, -0.15) is 0 Å². The summed E-state index contributed by atoms with van der Waals surface area (Å²) < 4.78 is 27.4. The number of thiocarbonyl (C=S) groups is 1. The summed E-state index contributed by atoms with van der Waals surface area (Å²) in [4.78, 5) is 15.6. The zero-order chi connectivity index (χ0) is 20.8. The number of nitrogens with one attached hydrogen (secondary N) is 1. The molecule has 6 nitrogen and oxygen atoms in total. The molecule has 1 amide bonds. The summed E-state index contributed by atoms with van der Waals surface area (Å²) in [5.74, 6) is -0.497. The highest BCUT2D eigenvalue weighted by Crippen LogP contribution is 2.33. The number of hydrogen-bond acceptors (Lipinski definition) is 5. The molecule has 0 radical (unpaired) electrons. The fourth-order valence-electron chi connectivity index (χ4n) is 3.07. The van der Waals surface area contributed by atoms with E-state index in [1.807, 2.05) is 49.0 Å². The third kappa shape index (κ3) is 3.74. The number of hydrogen-bond donors (Lipinski definition) is 1. The van der Waals surface area contributed by atoms with Gasteiger partial charge in [0.05, 0.1) is 9.80 Å². The Morgan fingerprint density at radius 1 is 1.10 bits per heavy atom. The van der Waals surface area contributed by atoms with Crippen LogP contribution in [0.3, 0.4) is 0 Å². The Balaban J connectivity index is 1.63. The van der Waals surface area contributed by atoms with Crippen molar-refractivity contribution in [2.45, 2.75) is 11.8 Å². The Bertz CT molecular complexity index is 1280. The quantitative estimate of drug-likeness (QED) is 0.493. The largest absolute Gasteiger partial charge is 0.350 e. The first-order valence-electron chi connectivity index (χ1n) is 8.67. The smallest absolute Gasteiger partial charge is 0.281 e. The highest BCUT2D eigenvalue weighted by molar-refractivity contribution is 8.26. The Morgan fingerprint density at radius 3 is 2.52 bits per heavy atom. The lowest BCUT2D eigenvalue weighted by Gasteiger charge is -2.16. The second-order valence-corrected chi connectivity index (χ2v) is 9.97. The number of hydrazine groups is 1. The molecule has 9 heteroatoms. The maximum Gasteiger partial charge on any atom is 0.281 e. The SMILES string of the molecule is Cc1ccc(S(=O)(=O)NN2C(=O)/C(=C/c3cn(C)c4ccccc34)SC2=S)cc1. The molecule has 0 atom stereocenters. The lowest BCUT2D eigenvalue weighted by Crippen LogP contribution is -2.44. The van der Waals surface area contributed by atoms with Crippen molar-refractivity contribution >= 4 is 61.2 Å². The van der Waals surface area contributed by atoms with Crippen LogP contribution >= 0.6 is 24.0 Å². The average molecular weight is 444 g/mol. The van der Waals surface area contributed by atoms with Gasteiger partial charge in [-0.3, -0.25) is 4.79 Å². The van der Waals surface area contributed by atoms with Crippen LogP contribution in [0.2, 0.25) is 0 Å². The molecule has 2 aromatic carbocycles. The lowest BCUT2D eigenvalue weighted by atomic mass is 10.1. The molecule has 1 aliphatic heterocycles. The third-order valence-corrected chi connectivity index (χ3v) is 7.17. The number of rotatable bonds is 4. The number of sulfonamides is 1. The molecule has 1 fully saturated rings. The minimum Gasteiger partial charge on any atom is -0.350 e. The van der Waals surface area contributed by atoms with E-state index in [-0.39, 0.29) is 9.22 Å². The molecule has 0 unspecified atom stereocenters. The molecule has 0 aliphatic carbocycles. The van der Waals surface area contributed by atoms with Crippen molar-refractivity contribution in [3.8, 4) is 0 Å². The van der Waals surface area contributed by atoms with E-state index >= 15 is 0 Å². The molecule has 0 bridgehead atoms. The van der Waals surface area contributed by atoms with Crippen molar-refractivity contribution in [1.82, 2.24) is 14.4 Å². The monoisotopic (exact) mass is 443 g/mol. The van der Waals surface area contributed by atoms with E-state index in [2.05, 4.69) is 4.83 Å². The van der Waals surface area contributed by atoms with E-state index in [0.717, 1.165) is 38.8 Å². The second-order valence-electron chi connectivity index (χ2n) is 6.64. The number of aryl methyl sites for hydroxylation is 2. The molecule has 1 N–H and O–H groups in total. The van der Waals surface area contributed by atoms with Gasteiger partial charge in [0, 0.05) is 29.7 Å². The van der Waals surface area contributed by atoms with Gasteiger partial charge in [0.25, 0.3) is 15.9 Å². The highest BCUT2D eigenvalue weighted by atomic mass is 32.2. The molecule has 0 spiro atoms. The van der Waals surface area contributed by atoms with Crippen LogP contribution in [-0.2, 0) is 21.9 Å². The van der Waals surface area contributed by atoms with Gasteiger partial charge in [-0.25, -0.2) is 13.4 Å². The van der Waals surface area contributed by atoms with Crippen molar-refractivity contribution in [2.75, 3.05) is 0 Å². The first kappa shape index (κ1) is 19.8. The predicted molar refractivity (Wildman–Crippen MR) is 119 cm³/mol. The Hall–Kier alpha value is -2.46. The van der Waals surface area contributed by atoms with Crippen molar-refractivity contribution < 1.29 is 13.2 Å². The van der Waals surface area contributed by atoms with Crippen molar-refractivity contribution in [3.63, 3.8) is 0 Å². The number of aromatic nitrogens is 1. The van der Waals surface area contributed by atoms with E-state index in [9.17, 15) is 13.2 Å². The van der Waals surface area contributed by atoms with Crippen molar-refractivity contribution in [2.24, 2.45) is 7.05 Å². The van der Waals surface area contributed by atoms with Crippen molar-refractivity contribution in [3.05, 3.63) is 70.8 Å². The van der Waals surface area contributed by atoms with Crippen LogP contribution in [0.5, 0.6) is 0 Å². The molecule has 148 valence electrons. The van der Waals surface area contributed by atoms with Crippen LogP contribution in [-0.4, -0.2) is 28.2 Å². The number of thioether (sulfide) groups is 1. The number of carbonyl (C=O) groups is 1. The summed E-state index contributed by atoms with van der Waals surface area (Å²) in [7, 11) is -2.00. The number of nitrogens with zero attached hydrogens (tertiary/aromatic N) is 2. The molecule has 1 aliphatic rings. The summed E-state index contributed by atoms with van der Waals surface area (Å²) in [6, 6.07) is 14.2. The summed E-state index contributed by atoms with van der Waals surface area (Å²) >= 11 is 6.31. The Kier molecular flexibility index (Phi) is 5.07. The highest BCUT2D eigenvalue weighted by Gasteiger charge is 2.35. The molecule has 2 heterocycles. The van der Waals surface area contributed by atoms with Gasteiger partial charge in [0.2, 0.25) is 0 Å². The Morgan fingerprint density at radius 2 is 1.79 bits per heavy atom. The zero-order valence-corrected chi connectivity index (χ0v) is 18.1. The molecule has 3 aromatic rings.